The van der Waals surface area contributed by atoms with Crippen molar-refractivity contribution < 1.29 is 27.9 Å². The fourth-order valence-electron chi connectivity index (χ4n) is 2.74. The molecule has 0 aliphatic carbocycles. The third-order valence-electron chi connectivity index (χ3n) is 4.03. The molecule has 0 saturated carbocycles. The summed E-state index contributed by atoms with van der Waals surface area (Å²) in [6.45, 7) is 4.25. The van der Waals surface area contributed by atoms with Gasteiger partial charge in [0.05, 0.1) is 25.4 Å². The summed E-state index contributed by atoms with van der Waals surface area (Å²) in [5.41, 5.74) is 1.73. The molecule has 0 saturated heterocycles. The van der Waals surface area contributed by atoms with Crippen LogP contribution in [0.4, 0.5) is 4.39 Å². The normalized spacial score (nSPS) is 11.0. The fourth-order valence-corrected chi connectivity index (χ4v) is 2.74. The van der Waals surface area contributed by atoms with Crippen LogP contribution in [0, 0.1) is 5.82 Å². The number of methoxy groups -OCH3 is 2. The lowest BCUT2D eigenvalue weighted by molar-refractivity contribution is 0.0595. The van der Waals surface area contributed by atoms with E-state index in [1.54, 1.807) is 13.2 Å². The second-order valence-electron chi connectivity index (χ2n) is 6.53. The van der Waals surface area contributed by atoms with Crippen LogP contribution >= 0.6 is 0 Å². The van der Waals surface area contributed by atoms with Gasteiger partial charge in [0, 0.05) is 23.8 Å². The maximum atomic E-state index is 14.2. The summed E-state index contributed by atoms with van der Waals surface area (Å²) in [5, 5.41) is 3.91. The minimum Gasteiger partial charge on any atom is -0.491 e. The van der Waals surface area contributed by atoms with E-state index in [-0.39, 0.29) is 23.4 Å². The number of esters is 1. The zero-order chi connectivity index (χ0) is 21.0. The van der Waals surface area contributed by atoms with Crippen molar-refractivity contribution in [1.29, 1.82) is 0 Å². The molecule has 0 unspecified atom stereocenters. The summed E-state index contributed by atoms with van der Waals surface area (Å²) in [4.78, 5) is 15.9. The van der Waals surface area contributed by atoms with Crippen molar-refractivity contribution in [3.8, 4) is 28.6 Å². The molecule has 0 aliphatic rings. The van der Waals surface area contributed by atoms with Crippen LogP contribution in [0.2, 0.25) is 0 Å². The fraction of sp³-hybridized carbons (Fsp3) is 0.286. The summed E-state index contributed by atoms with van der Waals surface area (Å²) in [7, 11) is 2.79. The van der Waals surface area contributed by atoms with E-state index in [0.717, 1.165) is 11.6 Å². The van der Waals surface area contributed by atoms with Crippen molar-refractivity contribution in [2.24, 2.45) is 0 Å². The van der Waals surface area contributed by atoms with Gasteiger partial charge in [-0.25, -0.2) is 9.18 Å². The molecule has 7 nitrogen and oxygen atoms in total. The first-order valence-corrected chi connectivity index (χ1v) is 8.93. The second-order valence-corrected chi connectivity index (χ2v) is 6.53. The summed E-state index contributed by atoms with van der Waals surface area (Å²) < 4.78 is 35.1. The average Bonchev–Trinajstić information content (AvgIpc) is 3.18. The van der Waals surface area contributed by atoms with Gasteiger partial charge in [0.25, 0.3) is 5.89 Å². The monoisotopic (exact) mass is 400 g/mol. The number of hydrogen-bond donors (Lipinski definition) is 0. The predicted molar refractivity (Wildman–Crippen MR) is 103 cm³/mol. The summed E-state index contributed by atoms with van der Waals surface area (Å²) >= 11 is 0. The Morgan fingerprint density at radius 2 is 1.90 bits per heavy atom. The highest BCUT2D eigenvalue weighted by Gasteiger charge is 2.17. The summed E-state index contributed by atoms with van der Waals surface area (Å²) in [6, 6.07) is 9.48. The number of carbonyl (C=O) groups excluding carboxylic acids is 1. The van der Waals surface area contributed by atoms with Crippen molar-refractivity contribution in [3.05, 3.63) is 53.3 Å². The van der Waals surface area contributed by atoms with E-state index in [1.165, 1.54) is 19.2 Å². The second kappa shape index (κ2) is 8.83. The first-order chi connectivity index (χ1) is 13.9. The number of rotatable bonds is 7. The Morgan fingerprint density at radius 3 is 2.55 bits per heavy atom. The molecule has 29 heavy (non-hydrogen) atoms. The molecule has 0 aliphatic heterocycles. The van der Waals surface area contributed by atoms with Crippen LogP contribution < -0.4 is 4.74 Å². The van der Waals surface area contributed by atoms with Gasteiger partial charge in [-0.1, -0.05) is 5.16 Å². The molecule has 152 valence electrons. The number of aromatic nitrogens is 2. The Labute approximate surface area is 167 Å². The van der Waals surface area contributed by atoms with Crippen LogP contribution in [0.3, 0.4) is 0 Å². The van der Waals surface area contributed by atoms with Crippen LogP contribution in [-0.2, 0) is 16.1 Å². The molecular formula is C21H21FN2O5. The lowest BCUT2D eigenvalue weighted by atomic mass is 10.1. The van der Waals surface area contributed by atoms with Gasteiger partial charge in [0.15, 0.2) is 0 Å². The molecule has 1 heterocycles. The zero-order valence-corrected chi connectivity index (χ0v) is 16.6. The Morgan fingerprint density at radius 1 is 1.14 bits per heavy atom. The lowest BCUT2D eigenvalue weighted by Crippen LogP contribution is -2.08. The standard InChI is InChI=1S/C21H21FN2O5/c1-12(2)28-18-8-6-14(9-15(18)11-26-3)20-23-19(24-29-20)13-5-7-16(17(22)10-13)21(25)27-4/h5-10,12H,11H2,1-4H3. The van der Waals surface area contributed by atoms with Crippen LogP contribution in [0.25, 0.3) is 22.8 Å². The first-order valence-electron chi connectivity index (χ1n) is 8.93. The van der Waals surface area contributed by atoms with E-state index in [1.807, 2.05) is 26.0 Å². The number of benzene rings is 2. The molecule has 0 radical (unpaired) electrons. The molecule has 0 amide bonds. The molecule has 0 bridgehead atoms. The number of ether oxygens (including phenoxy) is 3. The topological polar surface area (TPSA) is 83.7 Å². The van der Waals surface area contributed by atoms with Gasteiger partial charge in [-0.2, -0.15) is 4.98 Å². The molecule has 2 aromatic carbocycles. The van der Waals surface area contributed by atoms with Crippen molar-refractivity contribution in [2.45, 2.75) is 26.6 Å². The van der Waals surface area contributed by atoms with Gasteiger partial charge in [0.1, 0.15) is 11.6 Å². The molecule has 3 rings (SSSR count). The maximum absolute atomic E-state index is 14.2. The van der Waals surface area contributed by atoms with Crippen LogP contribution in [0.15, 0.2) is 40.9 Å². The third kappa shape index (κ3) is 4.60. The molecule has 3 aromatic rings. The smallest absolute Gasteiger partial charge is 0.340 e. The summed E-state index contributed by atoms with van der Waals surface area (Å²) in [6.07, 6.45) is 0.0225. The van der Waals surface area contributed by atoms with Gasteiger partial charge in [-0.15, -0.1) is 0 Å². The molecule has 0 fully saturated rings. The first kappa shape index (κ1) is 20.5. The van der Waals surface area contributed by atoms with Gasteiger partial charge in [-0.05, 0) is 50.2 Å². The van der Waals surface area contributed by atoms with E-state index in [4.69, 9.17) is 14.0 Å². The molecule has 0 spiro atoms. The maximum Gasteiger partial charge on any atom is 0.340 e. The van der Waals surface area contributed by atoms with E-state index < -0.39 is 11.8 Å². The van der Waals surface area contributed by atoms with Gasteiger partial charge in [-0.3, -0.25) is 0 Å². The number of hydrogen-bond acceptors (Lipinski definition) is 7. The molecular weight excluding hydrogens is 379 g/mol. The van der Waals surface area contributed by atoms with Gasteiger partial charge < -0.3 is 18.7 Å². The number of halogens is 1. The van der Waals surface area contributed by atoms with Crippen molar-refractivity contribution in [2.75, 3.05) is 14.2 Å². The van der Waals surface area contributed by atoms with Crippen molar-refractivity contribution in [1.82, 2.24) is 10.1 Å². The Kier molecular flexibility index (Phi) is 6.23. The Balaban J connectivity index is 1.91. The number of carbonyl (C=O) groups is 1. The minimum absolute atomic E-state index is 0.0225. The zero-order valence-electron chi connectivity index (χ0n) is 16.6. The molecule has 8 heteroatoms. The Hall–Kier alpha value is -3.26. The van der Waals surface area contributed by atoms with Crippen LogP contribution in [-0.4, -0.2) is 36.4 Å². The highest BCUT2D eigenvalue weighted by molar-refractivity contribution is 5.90. The highest BCUT2D eigenvalue weighted by Crippen LogP contribution is 2.29. The molecule has 0 atom stereocenters. The van der Waals surface area contributed by atoms with E-state index in [9.17, 15) is 9.18 Å². The lowest BCUT2D eigenvalue weighted by Gasteiger charge is -2.14. The largest absolute Gasteiger partial charge is 0.491 e. The van der Waals surface area contributed by atoms with Gasteiger partial charge in [0.2, 0.25) is 5.82 Å². The SMILES string of the molecule is COCc1cc(-c2nc(-c3ccc(C(=O)OC)c(F)c3)no2)ccc1OC(C)C. The van der Waals surface area contributed by atoms with E-state index in [2.05, 4.69) is 14.9 Å². The number of nitrogens with zero attached hydrogens (tertiary/aromatic N) is 2. The van der Waals surface area contributed by atoms with E-state index >= 15 is 0 Å². The molecule has 0 N–H and O–H groups in total. The van der Waals surface area contributed by atoms with E-state index in [0.29, 0.717) is 23.5 Å². The quantitative estimate of drug-likeness (QED) is 0.548. The predicted octanol–water partition coefficient (Wildman–Crippen LogP) is 4.26. The van der Waals surface area contributed by atoms with Gasteiger partial charge >= 0.3 is 5.97 Å². The van der Waals surface area contributed by atoms with Crippen LogP contribution in [0.5, 0.6) is 5.75 Å². The van der Waals surface area contributed by atoms with Crippen molar-refractivity contribution >= 4 is 5.97 Å². The van der Waals surface area contributed by atoms with Crippen LogP contribution in [0.1, 0.15) is 29.8 Å². The highest BCUT2D eigenvalue weighted by atomic mass is 19.1. The summed E-state index contributed by atoms with van der Waals surface area (Å²) in [5.74, 6) is -0.293. The third-order valence-corrected chi connectivity index (χ3v) is 4.03. The average molecular weight is 400 g/mol. The van der Waals surface area contributed by atoms with Crippen molar-refractivity contribution in [3.63, 3.8) is 0 Å². The minimum atomic E-state index is -0.753. The molecule has 1 aromatic heterocycles. The Bertz CT molecular complexity index is 1020.